The Kier molecular flexibility index (Phi) is 4.73. The van der Waals surface area contributed by atoms with Gasteiger partial charge in [0.25, 0.3) is 5.91 Å². The summed E-state index contributed by atoms with van der Waals surface area (Å²) in [7, 11) is 2.06. The largest absolute Gasteiger partial charge is 0.354 e. The van der Waals surface area contributed by atoms with Crippen LogP contribution in [0.3, 0.4) is 0 Å². The first-order chi connectivity index (χ1) is 11.7. The Bertz CT molecular complexity index is 758. The Morgan fingerprint density at radius 3 is 2.62 bits per heavy atom. The predicted molar refractivity (Wildman–Crippen MR) is 92.1 cm³/mol. The Labute approximate surface area is 141 Å². The molecule has 0 saturated carbocycles. The summed E-state index contributed by atoms with van der Waals surface area (Å²) in [6.07, 6.45) is 1.64. The Morgan fingerprint density at radius 2 is 1.96 bits per heavy atom. The van der Waals surface area contributed by atoms with Gasteiger partial charge >= 0.3 is 0 Å². The first-order valence-electron chi connectivity index (χ1n) is 7.87. The van der Waals surface area contributed by atoms with Crippen molar-refractivity contribution in [3.05, 3.63) is 53.9 Å². The van der Waals surface area contributed by atoms with Crippen LogP contribution in [0.25, 0.3) is 0 Å². The lowest BCUT2D eigenvalue weighted by Gasteiger charge is -2.32. The van der Waals surface area contributed by atoms with Crippen molar-refractivity contribution in [1.29, 1.82) is 5.26 Å². The molecule has 3 rings (SSSR count). The molecule has 1 N–H and O–H groups in total. The molecule has 1 aromatic carbocycles. The average molecular weight is 321 g/mol. The average Bonchev–Trinajstić information content (AvgIpc) is 2.62. The van der Waals surface area contributed by atoms with E-state index in [4.69, 9.17) is 5.26 Å². The van der Waals surface area contributed by atoms with Crippen LogP contribution in [0.5, 0.6) is 0 Å². The molecule has 122 valence electrons. The maximum absolute atomic E-state index is 12.4. The molecule has 0 unspecified atom stereocenters. The van der Waals surface area contributed by atoms with Crippen molar-refractivity contribution in [3.63, 3.8) is 0 Å². The van der Waals surface area contributed by atoms with E-state index >= 15 is 0 Å². The molecule has 1 aliphatic heterocycles. The second-order valence-corrected chi connectivity index (χ2v) is 5.85. The number of nitrogens with one attached hydrogen (secondary N) is 1. The number of rotatable bonds is 3. The van der Waals surface area contributed by atoms with Gasteiger partial charge in [0.15, 0.2) is 0 Å². The van der Waals surface area contributed by atoms with E-state index in [0.29, 0.717) is 11.3 Å². The SMILES string of the molecule is CN1CCN(C(=O)c2ccc(Nc3cccc(C#N)c3)cn2)CC1. The van der Waals surface area contributed by atoms with Gasteiger partial charge in [-0.05, 0) is 37.4 Å². The first-order valence-corrected chi connectivity index (χ1v) is 7.87. The molecule has 1 aromatic heterocycles. The van der Waals surface area contributed by atoms with Crippen LogP contribution in [0, 0.1) is 11.3 Å². The molecule has 2 aromatic rings. The van der Waals surface area contributed by atoms with Crippen LogP contribution in [0.4, 0.5) is 11.4 Å². The summed E-state index contributed by atoms with van der Waals surface area (Å²) in [6, 6.07) is 12.9. The molecule has 0 spiro atoms. The maximum Gasteiger partial charge on any atom is 0.272 e. The van der Waals surface area contributed by atoms with Gasteiger partial charge in [0, 0.05) is 31.9 Å². The number of likely N-dealkylation sites (N-methyl/N-ethyl adjacent to an activating group) is 1. The summed E-state index contributed by atoms with van der Waals surface area (Å²) in [5, 5.41) is 12.1. The molecule has 6 heteroatoms. The number of carbonyl (C=O) groups excluding carboxylic acids is 1. The minimum atomic E-state index is -0.0267. The van der Waals surface area contributed by atoms with Crippen molar-refractivity contribution < 1.29 is 4.79 Å². The second kappa shape index (κ2) is 7.11. The van der Waals surface area contributed by atoms with E-state index in [0.717, 1.165) is 37.6 Å². The predicted octanol–water partition coefficient (Wildman–Crippen LogP) is 2.08. The third-order valence-corrected chi connectivity index (χ3v) is 4.05. The van der Waals surface area contributed by atoms with Crippen molar-refractivity contribution >= 4 is 17.3 Å². The van der Waals surface area contributed by atoms with Crippen molar-refractivity contribution in [2.75, 3.05) is 38.5 Å². The van der Waals surface area contributed by atoms with Gasteiger partial charge in [-0.3, -0.25) is 4.79 Å². The third kappa shape index (κ3) is 3.70. The Hall–Kier alpha value is -2.91. The number of nitrogens with zero attached hydrogens (tertiary/aromatic N) is 4. The minimum absolute atomic E-state index is 0.0267. The number of hydrogen-bond acceptors (Lipinski definition) is 5. The lowest BCUT2D eigenvalue weighted by atomic mass is 10.2. The van der Waals surface area contributed by atoms with Crippen LogP contribution < -0.4 is 5.32 Å². The van der Waals surface area contributed by atoms with Crippen molar-refractivity contribution in [3.8, 4) is 6.07 Å². The summed E-state index contributed by atoms with van der Waals surface area (Å²) in [6.45, 7) is 3.25. The van der Waals surface area contributed by atoms with Gasteiger partial charge in [-0.25, -0.2) is 4.98 Å². The normalized spacial score (nSPS) is 14.9. The fourth-order valence-corrected chi connectivity index (χ4v) is 2.60. The van der Waals surface area contributed by atoms with Gasteiger partial charge in [0.05, 0.1) is 23.5 Å². The Morgan fingerprint density at radius 1 is 1.17 bits per heavy atom. The van der Waals surface area contributed by atoms with E-state index in [1.54, 1.807) is 24.4 Å². The number of nitriles is 1. The molecule has 1 amide bonds. The zero-order valence-corrected chi connectivity index (χ0v) is 13.6. The lowest BCUT2D eigenvalue weighted by molar-refractivity contribution is 0.0658. The number of aromatic nitrogens is 1. The number of benzene rings is 1. The van der Waals surface area contributed by atoms with Crippen LogP contribution in [0.15, 0.2) is 42.6 Å². The van der Waals surface area contributed by atoms with Gasteiger partial charge in [-0.2, -0.15) is 5.26 Å². The van der Waals surface area contributed by atoms with E-state index in [1.165, 1.54) is 0 Å². The molecule has 0 bridgehead atoms. The van der Waals surface area contributed by atoms with Crippen molar-refractivity contribution in [2.24, 2.45) is 0 Å². The Balaban J connectivity index is 1.67. The maximum atomic E-state index is 12.4. The smallest absolute Gasteiger partial charge is 0.272 e. The van der Waals surface area contributed by atoms with Gasteiger partial charge in [-0.15, -0.1) is 0 Å². The summed E-state index contributed by atoms with van der Waals surface area (Å²) in [5.41, 5.74) is 2.64. The van der Waals surface area contributed by atoms with Gasteiger partial charge in [0.2, 0.25) is 0 Å². The molecule has 1 aliphatic rings. The minimum Gasteiger partial charge on any atom is -0.354 e. The van der Waals surface area contributed by atoms with E-state index < -0.39 is 0 Å². The fourth-order valence-electron chi connectivity index (χ4n) is 2.60. The van der Waals surface area contributed by atoms with Crippen LogP contribution in [0.2, 0.25) is 0 Å². The van der Waals surface area contributed by atoms with Gasteiger partial charge < -0.3 is 15.1 Å². The highest BCUT2D eigenvalue weighted by Gasteiger charge is 2.21. The number of amides is 1. The summed E-state index contributed by atoms with van der Waals surface area (Å²) >= 11 is 0. The molecule has 0 atom stereocenters. The zero-order valence-electron chi connectivity index (χ0n) is 13.6. The molecule has 6 nitrogen and oxygen atoms in total. The third-order valence-electron chi connectivity index (χ3n) is 4.05. The number of anilines is 2. The molecule has 2 heterocycles. The standard InChI is InChI=1S/C18H19N5O/c1-22-7-9-23(10-8-22)18(24)17-6-5-16(13-20-17)21-15-4-2-3-14(11-15)12-19/h2-6,11,13,21H,7-10H2,1H3. The number of piperazine rings is 1. The van der Waals surface area contributed by atoms with Crippen LogP contribution in [-0.4, -0.2) is 53.9 Å². The van der Waals surface area contributed by atoms with Crippen molar-refractivity contribution in [2.45, 2.75) is 0 Å². The van der Waals surface area contributed by atoms with E-state index in [1.807, 2.05) is 23.1 Å². The lowest BCUT2D eigenvalue weighted by Crippen LogP contribution is -2.47. The summed E-state index contributed by atoms with van der Waals surface area (Å²) < 4.78 is 0. The highest BCUT2D eigenvalue weighted by atomic mass is 16.2. The van der Waals surface area contributed by atoms with E-state index in [9.17, 15) is 4.79 Å². The number of hydrogen-bond donors (Lipinski definition) is 1. The molecule has 1 saturated heterocycles. The number of carbonyl (C=O) groups is 1. The van der Waals surface area contributed by atoms with Crippen molar-refractivity contribution in [1.82, 2.24) is 14.8 Å². The molecular weight excluding hydrogens is 302 g/mol. The molecule has 0 aliphatic carbocycles. The van der Waals surface area contributed by atoms with Crippen LogP contribution >= 0.6 is 0 Å². The second-order valence-electron chi connectivity index (χ2n) is 5.85. The molecular formula is C18H19N5O. The van der Waals surface area contributed by atoms with Crippen LogP contribution in [0.1, 0.15) is 16.1 Å². The highest BCUT2D eigenvalue weighted by Crippen LogP contribution is 2.17. The highest BCUT2D eigenvalue weighted by molar-refractivity contribution is 5.92. The topological polar surface area (TPSA) is 72.3 Å². The molecule has 1 fully saturated rings. The summed E-state index contributed by atoms with van der Waals surface area (Å²) in [4.78, 5) is 20.8. The molecule has 0 radical (unpaired) electrons. The van der Waals surface area contributed by atoms with E-state index in [2.05, 4.69) is 28.3 Å². The van der Waals surface area contributed by atoms with Gasteiger partial charge in [0.1, 0.15) is 5.69 Å². The van der Waals surface area contributed by atoms with Gasteiger partial charge in [-0.1, -0.05) is 6.07 Å². The first kappa shape index (κ1) is 16.0. The monoisotopic (exact) mass is 321 g/mol. The van der Waals surface area contributed by atoms with E-state index in [-0.39, 0.29) is 5.91 Å². The molecule has 24 heavy (non-hydrogen) atoms. The fraction of sp³-hybridized carbons (Fsp3) is 0.278. The number of pyridine rings is 1. The quantitative estimate of drug-likeness (QED) is 0.937. The zero-order chi connectivity index (χ0) is 16.9. The summed E-state index contributed by atoms with van der Waals surface area (Å²) in [5.74, 6) is -0.0267. The van der Waals surface area contributed by atoms with Crippen LogP contribution in [-0.2, 0) is 0 Å².